The molecule has 1 aliphatic carbocycles. The molecule has 0 spiro atoms. The van der Waals surface area contributed by atoms with Gasteiger partial charge in [-0.25, -0.2) is 13.4 Å². The average Bonchev–Trinajstić information content (AvgIpc) is 3.77. The van der Waals surface area contributed by atoms with Crippen molar-refractivity contribution in [1.82, 2.24) is 24.8 Å². The van der Waals surface area contributed by atoms with E-state index in [0.717, 1.165) is 62.0 Å². The maximum absolute atomic E-state index is 14.0. The molecule has 0 amide bonds. The zero-order valence-corrected chi connectivity index (χ0v) is 25.5. The number of sulfone groups is 1. The number of ether oxygens (including phenoxy) is 1. The predicted molar refractivity (Wildman–Crippen MR) is 167 cm³/mol. The second-order valence-corrected chi connectivity index (χ2v) is 14.3. The minimum absolute atomic E-state index is 0.0254. The number of nitrogens with one attached hydrogen (secondary N) is 2. The van der Waals surface area contributed by atoms with Crippen LogP contribution in [-0.4, -0.2) is 73.4 Å². The summed E-state index contributed by atoms with van der Waals surface area (Å²) in [6.45, 7) is 2.27. The second-order valence-electron chi connectivity index (χ2n) is 11.3. The molecule has 12 heteroatoms. The number of benzene rings is 1. The predicted octanol–water partition coefficient (Wildman–Crippen LogP) is 4.45. The van der Waals surface area contributed by atoms with Gasteiger partial charge in [0.2, 0.25) is 5.95 Å². The zero-order chi connectivity index (χ0) is 29.3. The Hall–Kier alpha value is -3.32. The summed E-state index contributed by atoms with van der Waals surface area (Å²) in [5, 5.41) is 8.94. The van der Waals surface area contributed by atoms with Crippen LogP contribution in [-0.2, 0) is 9.84 Å². The number of fused-ring (bicyclic) bond motifs is 1. The lowest BCUT2D eigenvalue weighted by Crippen LogP contribution is -2.26. The van der Waals surface area contributed by atoms with E-state index in [1.165, 1.54) is 11.3 Å². The third-order valence-electron chi connectivity index (χ3n) is 7.90. The molecular weight excluding hydrogens is 573 g/mol. The maximum atomic E-state index is 14.0. The minimum atomic E-state index is -3.45. The maximum Gasteiger partial charge on any atom is 0.261 e. The molecule has 3 aromatic heterocycles. The molecule has 1 aromatic carbocycles. The van der Waals surface area contributed by atoms with E-state index in [9.17, 15) is 13.2 Å². The van der Waals surface area contributed by atoms with Crippen molar-refractivity contribution in [1.29, 1.82) is 0 Å². The van der Waals surface area contributed by atoms with Crippen molar-refractivity contribution in [2.45, 2.75) is 49.1 Å². The highest BCUT2D eigenvalue weighted by Crippen LogP contribution is 2.34. The molecule has 10 nitrogen and oxygen atoms in total. The van der Waals surface area contributed by atoms with Crippen LogP contribution in [0.2, 0.25) is 0 Å². The summed E-state index contributed by atoms with van der Waals surface area (Å²) in [6.07, 6.45) is 6.83. The molecule has 1 saturated carbocycles. The summed E-state index contributed by atoms with van der Waals surface area (Å²) in [6, 6.07) is 11.2. The van der Waals surface area contributed by atoms with Crippen LogP contribution in [0.1, 0.15) is 38.1 Å². The molecule has 2 fully saturated rings. The van der Waals surface area contributed by atoms with Gasteiger partial charge in [0.25, 0.3) is 5.56 Å². The SMILES string of the molecule is CN(C)CCS(=O)(=O)c1csc(-c2cc3cnc(Nc4ccc(OC5CCNC5)cc4)nc3n(C3CCCC3)c2=O)c1. The summed E-state index contributed by atoms with van der Waals surface area (Å²) in [4.78, 5) is 26.1. The first-order valence-corrected chi connectivity index (χ1v) is 16.9. The molecule has 4 aromatic rings. The molecular formula is C30H36N6O4S2. The first-order valence-electron chi connectivity index (χ1n) is 14.4. The highest BCUT2D eigenvalue weighted by atomic mass is 32.2. The fourth-order valence-corrected chi connectivity index (χ4v) is 8.29. The summed E-state index contributed by atoms with van der Waals surface area (Å²) in [7, 11) is 0.240. The first-order chi connectivity index (χ1) is 20.3. The van der Waals surface area contributed by atoms with Crippen LogP contribution in [0.15, 0.2) is 57.7 Å². The van der Waals surface area contributed by atoms with E-state index in [0.29, 0.717) is 28.6 Å². The van der Waals surface area contributed by atoms with Crippen LogP contribution >= 0.6 is 11.3 Å². The van der Waals surface area contributed by atoms with Crippen molar-refractivity contribution in [3.05, 3.63) is 58.3 Å². The Morgan fingerprint density at radius 1 is 1.14 bits per heavy atom. The van der Waals surface area contributed by atoms with E-state index in [1.807, 2.05) is 43.3 Å². The van der Waals surface area contributed by atoms with Crippen LogP contribution < -0.4 is 20.9 Å². The molecule has 42 heavy (non-hydrogen) atoms. The quantitative estimate of drug-likeness (QED) is 0.269. The number of nitrogens with zero attached hydrogens (tertiary/aromatic N) is 4. The Morgan fingerprint density at radius 2 is 1.93 bits per heavy atom. The van der Waals surface area contributed by atoms with Crippen molar-refractivity contribution >= 4 is 43.8 Å². The molecule has 0 radical (unpaired) electrons. The van der Waals surface area contributed by atoms with Gasteiger partial charge in [0.05, 0.1) is 16.2 Å². The van der Waals surface area contributed by atoms with E-state index >= 15 is 0 Å². The molecule has 0 bridgehead atoms. The van der Waals surface area contributed by atoms with Crippen molar-refractivity contribution < 1.29 is 13.2 Å². The monoisotopic (exact) mass is 608 g/mol. The average molecular weight is 609 g/mol. The summed E-state index contributed by atoms with van der Waals surface area (Å²) in [5.41, 5.74) is 1.73. The summed E-state index contributed by atoms with van der Waals surface area (Å²) in [5.74, 6) is 1.25. The first kappa shape index (κ1) is 28.8. The van der Waals surface area contributed by atoms with E-state index in [-0.39, 0.29) is 28.4 Å². The van der Waals surface area contributed by atoms with Gasteiger partial charge in [-0.15, -0.1) is 11.3 Å². The normalized spacial score (nSPS) is 17.8. The van der Waals surface area contributed by atoms with Crippen LogP contribution in [0.5, 0.6) is 5.75 Å². The number of aromatic nitrogens is 3. The van der Waals surface area contributed by atoms with Gasteiger partial charge in [0, 0.05) is 46.7 Å². The molecule has 222 valence electrons. The number of hydrogen-bond acceptors (Lipinski definition) is 10. The molecule has 4 heterocycles. The zero-order valence-electron chi connectivity index (χ0n) is 23.9. The third kappa shape index (κ3) is 6.22. The smallest absolute Gasteiger partial charge is 0.261 e. The van der Waals surface area contributed by atoms with Gasteiger partial charge in [-0.2, -0.15) is 4.98 Å². The lowest BCUT2D eigenvalue weighted by molar-refractivity contribution is 0.223. The van der Waals surface area contributed by atoms with E-state index in [1.54, 1.807) is 28.3 Å². The molecule has 1 unspecified atom stereocenters. The fraction of sp³-hybridized carbons (Fsp3) is 0.433. The lowest BCUT2D eigenvalue weighted by Gasteiger charge is -2.18. The second kappa shape index (κ2) is 12.1. The number of rotatable bonds is 10. The van der Waals surface area contributed by atoms with Gasteiger partial charge in [-0.1, -0.05) is 12.8 Å². The largest absolute Gasteiger partial charge is 0.489 e. The van der Waals surface area contributed by atoms with Gasteiger partial charge in [-0.05, 0) is 76.3 Å². The molecule has 1 atom stereocenters. The molecule has 2 N–H and O–H groups in total. The van der Waals surface area contributed by atoms with Gasteiger partial charge in [0.15, 0.2) is 9.84 Å². The van der Waals surface area contributed by atoms with Crippen molar-refractivity contribution in [3.8, 4) is 16.2 Å². The number of hydrogen-bond donors (Lipinski definition) is 2. The Morgan fingerprint density at radius 3 is 2.64 bits per heavy atom. The Balaban J connectivity index is 1.31. The third-order valence-corrected chi connectivity index (χ3v) is 10.7. The topological polar surface area (TPSA) is 118 Å². The molecule has 1 aliphatic heterocycles. The minimum Gasteiger partial charge on any atom is -0.489 e. The lowest BCUT2D eigenvalue weighted by atomic mass is 10.1. The van der Waals surface area contributed by atoms with Gasteiger partial charge in [-0.3, -0.25) is 9.36 Å². The highest BCUT2D eigenvalue weighted by molar-refractivity contribution is 7.91. The van der Waals surface area contributed by atoms with Crippen molar-refractivity contribution in [2.75, 3.05) is 44.8 Å². The van der Waals surface area contributed by atoms with Crippen molar-refractivity contribution in [2.24, 2.45) is 0 Å². The number of anilines is 2. The van der Waals surface area contributed by atoms with Crippen LogP contribution in [0, 0.1) is 0 Å². The molecule has 2 aliphatic rings. The summed E-state index contributed by atoms with van der Waals surface area (Å²) >= 11 is 1.28. The van der Waals surface area contributed by atoms with Gasteiger partial charge >= 0.3 is 0 Å². The Labute approximate surface area is 249 Å². The summed E-state index contributed by atoms with van der Waals surface area (Å²) < 4.78 is 33.6. The Bertz CT molecular complexity index is 1720. The van der Waals surface area contributed by atoms with Crippen LogP contribution in [0.3, 0.4) is 0 Å². The van der Waals surface area contributed by atoms with Crippen LogP contribution in [0.4, 0.5) is 11.6 Å². The van der Waals surface area contributed by atoms with Gasteiger partial charge in [0.1, 0.15) is 17.5 Å². The number of pyridine rings is 1. The Kier molecular flexibility index (Phi) is 8.30. The molecule has 1 saturated heterocycles. The standard InChI is InChI=1S/C30H36N6O4S2/c1-35(2)13-14-42(38,39)25-16-27(41-19-25)26-15-20-17-32-30(34-28(20)36(29(26)37)22-5-3-4-6-22)33-21-7-9-23(10-8-21)40-24-11-12-31-18-24/h7-10,15-17,19,22,24,31H,3-6,11-14,18H2,1-2H3,(H,32,33,34). The number of thiophene rings is 1. The van der Waals surface area contributed by atoms with E-state index in [4.69, 9.17) is 9.72 Å². The van der Waals surface area contributed by atoms with E-state index < -0.39 is 9.84 Å². The highest BCUT2D eigenvalue weighted by Gasteiger charge is 2.25. The van der Waals surface area contributed by atoms with E-state index in [2.05, 4.69) is 15.6 Å². The molecule has 6 rings (SSSR count). The van der Waals surface area contributed by atoms with Crippen LogP contribution in [0.25, 0.3) is 21.5 Å². The van der Waals surface area contributed by atoms with Crippen molar-refractivity contribution in [3.63, 3.8) is 0 Å². The van der Waals surface area contributed by atoms with Gasteiger partial charge < -0.3 is 20.3 Å². The fourth-order valence-electron chi connectivity index (χ4n) is 5.57.